The van der Waals surface area contributed by atoms with Crippen LogP contribution in [0.15, 0.2) is 18.3 Å². The molecule has 0 spiro atoms. The van der Waals surface area contributed by atoms with Crippen LogP contribution in [0.3, 0.4) is 0 Å². The van der Waals surface area contributed by atoms with E-state index in [1.165, 1.54) is 4.88 Å². The molecule has 0 bridgehead atoms. The highest BCUT2D eigenvalue weighted by molar-refractivity contribution is 7.11. The fourth-order valence-corrected chi connectivity index (χ4v) is 2.55. The van der Waals surface area contributed by atoms with Gasteiger partial charge in [-0.05, 0) is 26.0 Å². The molecular weight excluding hydrogens is 244 g/mol. The summed E-state index contributed by atoms with van der Waals surface area (Å²) in [5.74, 6) is 0.963. The van der Waals surface area contributed by atoms with Crippen molar-refractivity contribution in [2.75, 3.05) is 24.3 Å². The lowest BCUT2D eigenvalue weighted by Crippen LogP contribution is -2.10. The van der Waals surface area contributed by atoms with E-state index in [4.69, 9.17) is 0 Å². The molecule has 0 saturated carbocycles. The van der Waals surface area contributed by atoms with Crippen LogP contribution in [0.5, 0.6) is 0 Å². The quantitative estimate of drug-likeness (QED) is 0.920. The number of hydrogen-bond donors (Lipinski definition) is 1. The number of nitrogens with zero attached hydrogens (tertiary/aromatic N) is 3. The molecule has 4 nitrogen and oxygen atoms in total. The first kappa shape index (κ1) is 12.8. The molecular formula is C13H18N4S. The number of thiazole rings is 1. The Morgan fingerprint density at radius 1 is 1.28 bits per heavy atom. The van der Waals surface area contributed by atoms with Gasteiger partial charge in [0.2, 0.25) is 0 Å². The number of rotatable bonds is 4. The Labute approximate surface area is 112 Å². The summed E-state index contributed by atoms with van der Waals surface area (Å²) < 4.78 is 0. The second kappa shape index (κ2) is 5.35. The average Bonchev–Trinajstić information content (AvgIpc) is 2.66. The number of aryl methyl sites for hydroxylation is 2. The lowest BCUT2D eigenvalue weighted by atomic mass is 10.3. The molecule has 0 saturated heterocycles. The van der Waals surface area contributed by atoms with Crippen molar-refractivity contribution in [2.45, 2.75) is 20.4 Å². The van der Waals surface area contributed by atoms with Crippen molar-refractivity contribution >= 4 is 22.8 Å². The predicted molar refractivity (Wildman–Crippen MR) is 77.5 cm³/mol. The summed E-state index contributed by atoms with van der Waals surface area (Å²) in [4.78, 5) is 12.1. The fourth-order valence-electron chi connectivity index (χ4n) is 1.68. The molecule has 5 heteroatoms. The van der Waals surface area contributed by atoms with Crippen molar-refractivity contribution in [1.29, 1.82) is 0 Å². The first-order chi connectivity index (χ1) is 8.56. The van der Waals surface area contributed by atoms with Crippen LogP contribution in [0.2, 0.25) is 0 Å². The molecule has 0 fully saturated rings. The maximum atomic E-state index is 4.42. The van der Waals surface area contributed by atoms with Crippen molar-refractivity contribution in [3.63, 3.8) is 0 Å². The zero-order valence-corrected chi connectivity index (χ0v) is 12.0. The SMILES string of the molecule is Cc1nc(C)c(CNc2ccc(N(C)C)nc2)s1. The van der Waals surface area contributed by atoms with Crippen LogP contribution in [-0.4, -0.2) is 24.1 Å². The van der Waals surface area contributed by atoms with Crippen molar-refractivity contribution in [3.05, 3.63) is 33.9 Å². The molecule has 0 atom stereocenters. The molecule has 0 unspecified atom stereocenters. The molecule has 2 aromatic rings. The molecule has 96 valence electrons. The fraction of sp³-hybridized carbons (Fsp3) is 0.385. The van der Waals surface area contributed by atoms with Gasteiger partial charge in [0.15, 0.2) is 0 Å². The van der Waals surface area contributed by atoms with Crippen LogP contribution in [-0.2, 0) is 6.54 Å². The predicted octanol–water partition coefficient (Wildman–Crippen LogP) is 2.83. The van der Waals surface area contributed by atoms with Crippen LogP contribution in [0.4, 0.5) is 11.5 Å². The van der Waals surface area contributed by atoms with Gasteiger partial charge in [-0.2, -0.15) is 0 Å². The second-order valence-corrected chi connectivity index (χ2v) is 5.68. The van der Waals surface area contributed by atoms with Crippen LogP contribution in [0.1, 0.15) is 15.6 Å². The molecule has 0 aliphatic heterocycles. The van der Waals surface area contributed by atoms with Crippen LogP contribution >= 0.6 is 11.3 Å². The van der Waals surface area contributed by atoms with E-state index < -0.39 is 0 Å². The van der Waals surface area contributed by atoms with E-state index in [0.717, 1.165) is 28.8 Å². The Bertz CT molecular complexity index is 516. The Morgan fingerprint density at radius 3 is 2.56 bits per heavy atom. The van der Waals surface area contributed by atoms with E-state index in [0.29, 0.717) is 0 Å². The normalized spacial score (nSPS) is 10.4. The van der Waals surface area contributed by atoms with Gasteiger partial charge < -0.3 is 10.2 Å². The van der Waals surface area contributed by atoms with Gasteiger partial charge in [-0.3, -0.25) is 0 Å². The van der Waals surface area contributed by atoms with E-state index >= 15 is 0 Å². The van der Waals surface area contributed by atoms with Gasteiger partial charge in [-0.15, -0.1) is 11.3 Å². The summed E-state index contributed by atoms with van der Waals surface area (Å²) in [7, 11) is 3.97. The van der Waals surface area contributed by atoms with Gasteiger partial charge in [-0.25, -0.2) is 9.97 Å². The first-order valence-corrected chi connectivity index (χ1v) is 6.68. The van der Waals surface area contributed by atoms with E-state index in [9.17, 15) is 0 Å². The van der Waals surface area contributed by atoms with Crippen LogP contribution in [0, 0.1) is 13.8 Å². The third-order valence-corrected chi connectivity index (χ3v) is 3.73. The first-order valence-electron chi connectivity index (χ1n) is 5.86. The van der Waals surface area contributed by atoms with Gasteiger partial charge >= 0.3 is 0 Å². The summed E-state index contributed by atoms with van der Waals surface area (Å²) in [6.45, 7) is 4.89. The van der Waals surface area contributed by atoms with Gasteiger partial charge in [-0.1, -0.05) is 0 Å². The molecule has 18 heavy (non-hydrogen) atoms. The lowest BCUT2D eigenvalue weighted by Gasteiger charge is -2.11. The van der Waals surface area contributed by atoms with E-state index in [-0.39, 0.29) is 0 Å². The topological polar surface area (TPSA) is 41.1 Å². The Balaban J connectivity index is 2.00. The largest absolute Gasteiger partial charge is 0.379 e. The summed E-state index contributed by atoms with van der Waals surface area (Å²) in [5, 5.41) is 4.49. The Morgan fingerprint density at radius 2 is 2.06 bits per heavy atom. The van der Waals surface area contributed by atoms with E-state index in [1.54, 1.807) is 11.3 Å². The van der Waals surface area contributed by atoms with Gasteiger partial charge in [0.1, 0.15) is 5.82 Å². The summed E-state index contributed by atoms with van der Waals surface area (Å²) in [6, 6.07) is 4.05. The second-order valence-electron chi connectivity index (χ2n) is 4.39. The summed E-state index contributed by atoms with van der Waals surface area (Å²) >= 11 is 1.74. The summed E-state index contributed by atoms with van der Waals surface area (Å²) in [6.07, 6.45) is 1.86. The average molecular weight is 262 g/mol. The molecule has 2 heterocycles. The summed E-state index contributed by atoms with van der Waals surface area (Å²) in [5.41, 5.74) is 2.15. The standard InChI is InChI=1S/C13H18N4S/c1-9-12(18-10(2)16-9)8-14-11-5-6-13(15-7-11)17(3)4/h5-7,14H,8H2,1-4H3. The Hall–Kier alpha value is -1.62. The lowest BCUT2D eigenvalue weighted by molar-refractivity contribution is 1.06. The smallest absolute Gasteiger partial charge is 0.128 e. The number of nitrogens with one attached hydrogen (secondary N) is 1. The Kier molecular flexibility index (Phi) is 3.81. The third-order valence-electron chi connectivity index (χ3n) is 2.66. The van der Waals surface area contributed by atoms with Gasteiger partial charge in [0, 0.05) is 19.0 Å². The van der Waals surface area contributed by atoms with Crippen molar-refractivity contribution in [3.8, 4) is 0 Å². The van der Waals surface area contributed by atoms with Crippen LogP contribution < -0.4 is 10.2 Å². The number of aromatic nitrogens is 2. The van der Waals surface area contributed by atoms with E-state index in [1.807, 2.05) is 51.2 Å². The molecule has 0 aliphatic rings. The number of hydrogen-bond acceptors (Lipinski definition) is 5. The maximum absolute atomic E-state index is 4.42. The minimum absolute atomic E-state index is 0.806. The molecule has 1 N–H and O–H groups in total. The van der Waals surface area contributed by atoms with Crippen molar-refractivity contribution in [2.24, 2.45) is 0 Å². The highest BCUT2D eigenvalue weighted by Crippen LogP contribution is 2.19. The van der Waals surface area contributed by atoms with E-state index in [2.05, 4.69) is 15.3 Å². The molecule has 0 amide bonds. The molecule has 0 radical (unpaired) electrons. The molecule has 0 aliphatic carbocycles. The number of anilines is 2. The monoisotopic (exact) mass is 262 g/mol. The molecule has 2 rings (SSSR count). The maximum Gasteiger partial charge on any atom is 0.128 e. The van der Waals surface area contributed by atoms with Crippen molar-refractivity contribution < 1.29 is 0 Å². The highest BCUT2D eigenvalue weighted by Gasteiger charge is 2.04. The van der Waals surface area contributed by atoms with Gasteiger partial charge in [0.05, 0.1) is 29.1 Å². The minimum Gasteiger partial charge on any atom is -0.379 e. The van der Waals surface area contributed by atoms with Crippen LogP contribution in [0.25, 0.3) is 0 Å². The molecule has 2 aromatic heterocycles. The third kappa shape index (κ3) is 2.98. The van der Waals surface area contributed by atoms with Crippen molar-refractivity contribution in [1.82, 2.24) is 9.97 Å². The number of pyridine rings is 1. The minimum atomic E-state index is 0.806. The van der Waals surface area contributed by atoms with Gasteiger partial charge in [0.25, 0.3) is 0 Å². The molecule has 0 aromatic carbocycles. The zero-order valence-electron chi connectivity index (χ0n) is 11.2. The highest BCUT2D eigenvalue weighted by atomic mass is 32.1. The zero-order chi connectivity index (χ0) is 13.1.